The van der Waals surface area contributed by atoms with E-state index in [1.807, 2.05) is 25.1 Å². The van der Waals surface area contributed by atoms with Crippen LogP contribution in [0.3, 0.4) is 0 Å². The zero-order valence-corrected chi connectivity index (χ0v) is 20.0. The van der Waals surface area contributed by atoms with Gasteiger partial charge >= 0.3 is 0 Å². The Morgan fingerprint density at radius 2 is 1.78 bits per heavy atom. The van der Waals surface area contributed by atoms with Crippen molar-refractivity contribution in [1.29, 1.82) is 0 Å². The molecule has 1 aliphatic heterocycles. The largest absolute Gasteiger partial charge is 0.492 e. The molecule has 174 valence electrons. The fourth-order valence-electron chi connectivity index (χ4n) is 3.71. The quantitative estimate of drug-likeness (QED) is 0.602. The highest BCUT2D eigenvalue weighted by molar-refractivity contribution is 7.89. The molecule has 0 spiro atoms. The van der Waals surface area contributed by atoms with Gasteiger partial charge in [0.05, 0.1) is 6.61 Å². The molecule has 0 aromatic heterocycles. The van der Waals surface area contributed by atoms with Crippen molar-refractivity contribution in [1.82, 2.24) is 4.31 Å². The SMILES string of the molecule is CCOc1ccc(NC(=O)COc2cc(C)ccc2C(C)C)cc1S(=O)(=O)N1CCCC1. The maximum Gasteiger partial charge on any atom is 0.262 e. The van der Waals surface area contributed by atoms with Crippen LogP contribution in [0.15, 0.2) is 41.3 Å². The molecule has 3 rings (SSSR count). The Bertz CT molecular complexity index is 1060. The highest BCUT2D eigenvalue weighted by Gasteiger charge is 2.30. The molecule has 1 aliphatic rings. The summed E-state index contributed by atoms with van der Waals surface area (Å²) in [6.07, 6.45) is 1.68. The minimum absolute atomic E-state index is 0.0701. The van der Waals surface area contributed by atoms with Crippen molar-refractivity contribution in [3.05, 3.63) is 47.5 Å². The van der Waals surface area contributed by atoms with Gasteiger partial charge in [0, 0.05) is 18.8 Å². The minimum Gasteiger partial charge on any atom is -0.492 e. The Kier molecular flexibility index (Phi) is 7.79. The summed E-state index contributed by atoms with van der Waals surface area (Å²) in [5, 5.41) is 2.75. The number of benzene rings is 2. The average molecular weight is 461 g/mol. The zero-order chi connectivity index (χ0) is 23.3. The number of nitrogens with one attached hydrogen (secondary N) is 1. The van der Waals surface area contributed by atoms with E-state index in [9.17, 15) is 13.2 Å². The molecule has 1 amide bonds. The summed E-state index contributed by atoms with van der Waals surface area (Å²) in [4.78, 5) is 12.6. The summed E-state index contributed by atoms with van der Waals surface area (Å²) in [6, 6.07) is 10.6. The average Bonchev–Trinajstić information content (AvgIpc) is 3.29. The number of ether oxygens (including phenoxy) is 2. The van der Waals surface area contributed by atoms with Crippen molar-refractivity contribution in [2.45, 2.75) is 51.3 Å². The van der Waals surface area contributed by atoms with Gasteiger partial charge in [-0.15, -0.1) is 0 Å². The van der Waals surface area contributed by atoms with Gasteiger partial charge in [-0.3, -0.25) is 4.79 Å². The molecule has 32 heavy (non-hydrogen) atoms. The Hall–Kier alpha value is -2.58. The summed E-state index contributed by atoms with van der Waals surface area (Å²) in [7, 11) is -3.70. The van der Waals surface area contributed by atoms with Gasteiger partial charge in [-0.25, -0.2) is 8.42 Å². The lowest BCUT2D eigenvalue weighted by atomic mass is 10.0. The zero-order valence-electron chi connectivity index (χ0n) is 19.2. The van der Waals surface area contributed by atoms with Crippen molar-refractivity contribution in [2.75, 3.05) is 31.6 Å². The summed E-state index contributed by atoms with van der Waals surface area (Å²) in [5.41, 5.74) is 2.46. The molecule has 0 aliphatic carbocycles. The third-order valence-corrected chi connectivity index (χ3v) is 7.28. The van der Waals surface area contributed by atoms with E-state index >= 15 is 0 Å². The van der Waals surface area contributed by atoms with E-state index in [1.165, 1.54) is 10.4 Å². The fourth-order valence-corrected chi connectivity index (χ4v) is 5.39. The van der Waals surface area contributed by atoms with Crippen LogP contribution in [-0.4, -0.2) is 44.9 Å². The van der Waals surface area contributed by atoms with Crippen LogP contribution in [0.25, 0.3) is 0 Å². The third-order valence-electron chi connectivity index (χ3n) is 5.36. The van der Waals surface area contributed by atoms with Gasteiger partial charge in [0.25, 0.3) is 5.91 Å². The lowest BCUT2D eigenvalue weighted by Gasteiger charge is -2.19. The fraction of sp³-hybridized carbons (Fsp3) is 0.458. The maximum absolute atomic E-state index is 13.1. The number of hydrogen-bond donors (Lipinski definition) is 1. The molecule has 0 bridgehead atoms. The number of carbonyl (C=O) groups excluding carboxylic acids is 1. The second kappa shape index (κ2) is 10.4. The highest BCUT2D eigenvalue weighted by atomic mass is 32.2. The number of rotatable bonds is 9. The predicted octanol–water partition coefficient (Wildman–Crippen LogP) is 4.32. The topological polar surface area (TPSA) is 84.9 Å². The maximum atomic E-state index is 13.1. The predicted molar refractivity (Wildman–Crippen MR) is 125 cm³/mol. The van der Waals surface area contributed by atoms with Crippen LogP contribution in [0.4, 0.5) is 5.69 Å². The molecular formula is C24H32N2O5S. The lowest BCUT2D eigenvalue weighted by molar-refractivity contribution is -0.118. The first-order chi connectivity index (χ1) is 15.2. The molecule has 0 radical (unpaired) electrons. The van der Waals surface area contributed by atoms with Gasteiger partial charge in [-0.2, -0.15) is 4.31 Å². The Labute approximate surface area is 190 Å². The Morgan fingerprint density at radius 3 is 2.44 bits per heavy atom. The number of amides is 1. The standard InChI is InChI=1S/C24H32N2O5S/c1-5-30-21-11-9-19(15-23(21)32(28,29)26-12-6-7-13-26)25-24(27)16-31-22-14-18(4)8-10-20(22)17(2)3/h8-11,14-15,17H,5-7,12-13,16H2,1-4H3,(H,25,27). The number of sulfonamides is 1. The monoisotopic (exact) mass is 460 g/mol. The van der Waals surface area contributed by atoms with Crippen LogP contribution in [0, 0.1) is 6.92 Å². The molecule has 1 saturated heterocycles. The summed E-state index contributed by atoms with van der Waals surface area (Å²) < 4.78 is 39.0. The molecule has 2 aromatic rings. The minimum atomic E-state index is -3.70. The van der Waals surface area contributed by atoms with E-state index < -0.39 is 10.0 Å². The number of carbonyl (C=O) groups is 1. The van der Waals surface area contributed by atoms with Crippen LogP contribution in [0.2, 0.25) is 0 Å². The van der Waals surface area contributed by atoms with E-state index in [0.29, 0.717) is 31.1 Å². The van der Waals surface area contributed by atoms with Crippen molar-refractivity contribution >= 4 is 21.6 Å². The van der Waals surface area contributed by atoms with Gasteiger partial charge in [-0.1, -0.05) is 26.0 Å². The number of nitrogens with zero attached hydrogens (tertiary/aromatic N) is 1. The van der Waals surface area contributed by atoms with Crippen LogP contribution < -0.4 is 14.8 Å². The molecular weight excluding hydrogens is 428 g/mol. The third kappa shape index (κ3) is 5.61. The molecule has 1 heterocycles. The molecule has 8 heteroatoms. The summed E-state index contributed by atoms with van der Waals surface area (Å²) >= 11 is 0. The van der Waals surface area contributed by atoms with E-state index in [-0.39, 0.29) is 29.1 Å². The molecule has 1 fully saturated rings. The number of aryl methyl sites for hydroxylation is 1. The van der Waals surface area contributed by atoms with Crippen LogP contribution in [-0.2, 0) is 14.8 Å². The molecule has 1 N–H and O–H groups in total. The molecule has 7 nitrogen and oxygen atoms in total. The van der Waals surface area contributed by atoms with E-state index in [0.717, 1.165) is 24.0 Å². The summed E-state index contributed by atoms with van der Waals surface area (Å²) in [5.74, 6) is 0.863. The highest BCUT2D eigenvalue weighted by Crippen LogP contribution is 2.32. The van der Waals surface area contributed by atoms with Crippen molar-refractivity contribution in [2.24, 2.45) is 0 Å². The molecule has 0 atom stereocenters. The van der Waals surface area contributed by atoms with E-state index in [2.05, 4.69) is 19.2 Å². The molecule has 0 unspecified atom stereocenters. The first-order valence-corrected chi connectivity index (χ1v) is 12.5. The second-order valence-electron chi connectivity index (χ2n) is 8.24. The van der Waals surface area contributed by atoms with E-state index in [4.69, 9.17) is 9.47 Å². The smallest absolute Gasteiger partial charge is 0.262 e. The van der Waals surface area contributed by atoms with Crippen LogP contribution in [0.5, 0.6) is 11.5 Å². The summed E-state index contributed by atoms with van der Waals surface area (Å²) in [6.45, 7) is 9.07. The van der Waals surface area contributed by atoms with Crippen molar-refractivity contribution in [3.63, 3.8) is 0 Å². The van der Waals surface area contributed by atoms with Gasteiger partial charge < -0.3 is 14.8 Å². The number of anilines is 1. The first-order valence-electron chi connectivity index (χ1n) is 11.0. The Morgan fingerprint density at radius 1 is 1.06 bits per heavy atom. The Balaban J connectivity index is 1.76. The van der Waals surface area contributed by atoms with Crippen molar-refractivity contribution < 1.29 is 22.7 Å². The first kappa shape index (κ1) is 24.1. The van der Waals surface area contributed by atoms with Gasteiger partial charge in [0.15, 0.2) is 6.61 Å². The van der Waals surface area contributed by atoms with Gasteiger partial charge in [0.1, 0.15) is 16.4 Å². The lowest BCUT2D eigenvalue weighted by Crippen LogP contribution is -2.28. The van der Waals surface area contributed by atoms with Crippen LogP contribution in [0.1, 0.15) is 50.7 Å². The van der Waals surface area contributed by atoms with Crippen LogP contribution >= 0.6 is 0 Å². The molecule has 0 saturated carbocycles. The van der Waals surface area contributed by atoms with Gasteiger partial charge in [-0.05, 0) is 68.0 Å². The van der Waals surface area contributed by atoms with Crippen molar-refractivity contribution in [3.8, 4) is 11.5 Å². The number of hydrogen-bond acceptors (Lipinski definition) is 5. The molecule has 2 aromatic carbocycles. The normalized spacial score (nSPS) is 14.5. The van der Waals surface area contributed by atoms with Gasteiger partial charge in [0.2, 0.25) is 10.0 Å². The van der Waals surface area contributed by atoms with E-state index in [1.54, 1.807) is 19.1 Å². The second-order valence-corrected chi connectivity index (χ2v) is 10.1.